The third-order valence-corrected chi connectivity index (χ3v) is 3.86. The number of hydrogen-bond donors (Lipinski definition) is 3. The average Bonchev–Trinajstić information content (AvgIpc) is 2.70. The molecule has 0 aromatic heterocycles. The van der Waals surface area contributed by atoms with E-state index in [4.69, 9.17) is 14.2 Å². The Kier molecular flexibility index (Phi) is 12.3. The SMILES string of the molecule is CCOCCCNC(=NCc1ccc(OC)cc1)NCCCNC(=O)OC(C)(C)C. The Morgan fingerprint density at radius 1 is 1.00 bits per heavy atom. The molecule has 1 amide bonds. The Hall–Kier alpha value is -2.48. The number of carbonyl (C=O) groups is 1. The van der Waals surface area contributed by atoms with E-state index in [1.54, 1.807) is 7.11 Å². The Morgan fingerprint density at radius 2 is 1.63 bits per heavy atom. The molecule has 3 N–H and O–H groups in total. The molecule has 0 saturated heterocycles. The maximum absolute atomic E-state index is 11.7. The summed E-state index contributed by atoms with van der Waals surface area (Å²) in [6.07, 6.45) is 1.25. The molecule has 0 spiro atoms. The van der Waals surface area contributed by atoms with Crippen LogP contribution in [0.3, 0.4) is 0 Å². The molecule has 0 aliphatic heterocycles. The van der Waals surface area contributed by atoms with Crippen LogP contribution in [0.1, 0.15) is 46.1 Å². The smallest absolute Gasteiger partial charge is 0.407 e. The van der Waals surface area contributed by atoms with Gasteiger partial charge in [0.15, 0.2) is 5.96 Å². The lowest BCUT2D eigenvalue weighted by Crippen LogP contribution is -2.40. The summed E-state index contributed by atoms with van der Waals surface area (Å²) in [6.45, 7) is 11.5. The number of guanidine groups is 1. The highest BCUT2D eigenvalue weighted by Crippen LogP contribution is 2.11. The topological polar surface area (TPSA) is 93.2 Å². The molecular formula is C22H38N4O4. The minimum Gasteiger partial charge on any atom is -0.497 e. The predicted octanol–water partition coefficient (Wildman–Crippen LogP) is 3.07. The van der Waals surface area contributed by atoms with Crippen molar-refractivity contribution in [2.24, 2.45) is 4.99 Å². The molecule has 170 valence electrons. The summed E-state index contributed by atoms with van der Waals surface area (Å²) < 4.78 is 15.8. The molecule has 1 rings (SSSR count). The van der Waals surface area contributed by atoms with Crippen LogP contribution in [-0.4, -0.2) is 57.6 Å². The Morgan fingerprint density at radius 3 is 2.23 bits per heavy atom. The quantitative estimate of drug-likeness (QED) is 0.272. The van der Waals surface area contributed by atoms with E-state index in [9.17, 15) is 4.79 Å². The van der Waals surface area contributed by atoms with Crippen molar-refractivity contribution in [3.63, 3.8) is 0 Å². The third-order valence-electron chi connectivity index (χ3n) is 3.86. The molecule has 0 saturated carbocycles. The Balaban J connectivity index is 2.44. The van der Waals surface area contributed by atoms with Gasteiger partial charge in [0.25, 0.3) is 0 Å². The van der Waals surface area contributed by atoms with Gasteiger partial charge in [-0.25, -0.2) is 9.79 Å². The van der Waals surface area contributed by atoms with Crippen LogP contribution >= 0.6 is 0 Å². The summed E-state index contributed by atoms with van der Waals surface area (Å²) in [5, 5.41) is 9.39. The predicted molar refractivity (Wildman–Crippen MR) is 120 cm³/mol. The van der Waals surface area contributed by atoms with E-state index in [1.807, 2.05) is 52.0 Å². The number of amides is 1. The van der Waals surface area contributed by atoms with Crippen molar-refractivity contribution in [1.82, 2.24) is 16.0 Å². The van der Waals surface area contributed by atoms with Crippen molar-refractivity contribution in [1.29, 1.82) is 0 Å². The van der Waals surface area contributed by atoms with Crippen molar-refractivity contribution in [2.45, 2.75) is 52.7 Å². The first-order valence-electron chi connectivity index (χ1n) is 10.5. The monoisotopic (exact) mass is 422 g/mol. The summed E-state index contributed by atoms with van der Waals surface area (Å²) in [5.74, 6) is 1.56. The van der Waals surface area contributed by atoms with E-state index in [0.717, 1.165) is 49.9 Å². The van der Waals surface area contributed by atoms with Gasteiger partial charge in [-0.2, -0.15) is 0 Å². The zero-order valence-corrected chi connectivity index (χ0v) is 19.0. The van der Waals surface area contributed by atoms with E-state index in [2.05, 4.69) is 20.9 Å². The van der Waals surface area contributed by atoms with Crippen molar-refractivity contribution in [3.8, 4) is 5.75 Å². The highest BCUT2D eigenvalue weighted by molar-refractivity contribution is 5.79. The maximum atomic E-state index is 11.7. The number of methoxy groups -OCH3 is 1. The lowest BCUT2D eigenvalue weighted by Gasteiger charge is -2.19. The number of aliphatic imine (C=N–C) groups is 1. The minimum atomic E-state index is -0.491. The van der Waals surface area contributed by atoms with Crippen molar-refractivity contribution in [2.75, 3.05) is 40.0 Å². The van der Waals surface area contributed by atoms with E-state index in [1.165, 1.54) is 0 Å². The van der Waals surface area contributed by atoms with Crippen molar-refractivity contribution < 1.29 is 19.0 Å². The largest absolute Gasteiger partial charge is 0.497 e. The first kappa shape index (κ1) is 25.6. The van der Waals surface area contributed by atoms with Crippen LogP contribution < -0.4 is 20.7 Å². The molecule has 0 fully saturated rings. The Labute approximate surface area is 180 Å². The van der Waals surface area contributed by atoms with Gasteiger partial charge >= 0.3 is 6.09 Å². The fourth-order valence-electron chi connectivity index (χ4n) is 2.40. The van der Waals surface area contributed by atoms with Crippen molar-refractivity contribution in [3.05, 3.63) is 29.8 Å². The van der Waals surface area contributed by atoms with Gasteiger partial charge in [-0.15, -0.1) is 0 Å². The molecule has 0 aliphatic carbocycles. The lowest BCUT2D eigenvalue weighted by molar-refractivity contribution is 0.0527. The van der Waals surface area contributed by atoms with Gasteiger partial charge in [-0.3, -0.25) is 0 Å². The van der Waals surface area contributed by atoms with Crippen LogP contribution in [0.2, 0.25) is 0 Å². The summed E-state index contributed by atoms with van der Waals surface area (Å²) in [7, 11) is 1.65. The van der Waals surface area contributed by atoms with Gasteiger partial charge in [-0.1, -0.05) is 12.1 Å². The number of alkyl carbamates (subject to hydrolysis) is 1. The van der Waals surface area contributed by atoms with Crippen LogP contribution in [0, 0.1) is 0 Å². The van der Waals surface area contributed by atoms with Crippen LogP contribution in [0.15, 0.2) is 29.3 Å². The van der Waals surface area contributed by atoms with E-state index in [-0.39, 0.29) is 0 Å². The number of rotatable bonds is 12. The van der Waals surface area contributed by atoms with Crippen LogP contribution in [0.4, 0.5) is 4.79 Å². The van der Waals surface area contributed by atoms with E-state index < -0.39 is 11.7 Å². The molecule has 0 heterocycles. The minimum absolute atomic E-state index is 0.398. The van der Waals surface area contributed by atoms with Gasteiger partial charge in [0.05, 0.1) is 13.7 Å². The second-order valence-electron chi connectivity index (χ2n) is 7.70. The van der Waals surface area contributed by atoms with Gasteiger partial charge in [0.1, 0.15) is 11.4 Å². The van der Waals surface area contributed by atoms with E-state index in [0.29, 0.717) is 19.6 Å². The standard InChI is InChI=1S/C22H38N4O4/c1-6-29-16-8-15-24-20(26-17-18-9-11-19(28-5)12-10-18)23-13-7-14-25-21(27)30-22(2,3)4/h9-12H,6-8,13-17H2,1-5H3,(H,25,27)(H2,23,24,26). The van der Waals surface area contributed by atoms with Gasteiger partial charge in [0.2, 0.25) is 0 Å². The molecule has 1 aromatic rings. The maximum Gasteiger partial charge on any atom is 0.407 e. The number of ether oxygens (including phenoxy) is 3. The highest BCUT2D eigenvalue weighted by Gasteiger charge is 2.15. The molecule has 0 aliphatic rings. The normalized spacial score (nSPS) is 11.7. The van der Waals surface area contributed by atoms with E-state index >= 15 is 0 Å². The lowest BCUT2D eigenvalue weighted by atomic mass is 10.2. The molecule has 30 heavy (non-hydrogen) atoms. The van der Waals surface area contributed by atoms with Gasteiger partial charge < -0.3 is 30.2 Å². The molecule has 8 heteroatoms. The molecule has 8 nitrogen and oxygen atoms in total. The van der Waals surface area contributed by atoms with Gasteiger partial charge in [-0.05, 0) is 58.2 Å². The molecule has 0 radical (unpaired) electrons. The summed E-state index contributed by atoms with van der Waals surface area (Å²) in [6, 6.07) is 7.85. The van der Waals surface area contributed by atoms with Gasteiger partial charge in [0, 0.05) is 32.8 Å². The first-order chi connectivity index (χ1) is 14.3. The molecule has 0 atom stereocenters. The number of nitrogens with zero attached hydrogens (tertiary/aromatic N) is 1. The highest BCUT2D eigenvalue weighted by atomic mass is 16.6. The van der Waals surface area contributed by atoms with Crippen LogP contribution in [0.25, 0.3) is 0 Å². The summed E-state index contributed by atoms with van der Waals surface area (Å²) in [4.78, 5) is 16.3. The zero-order chi connectivity index (χ0) is 22.2. The molecule has 0 unspecified atom stereocenters. The Bertz CT molecular complexity index is 627. The summed E-state index contributed by atoms with van der Waals surface area (Å²) in [5.41, 5.74) is 0.604. The fraction of sp³-hybridized carbons (Fsp3) is 0.636. The first-order valence-corrected chi connectivity index (χ1v) is 10.5. The van der Waals surface area contributed by atoms with Crippen molar-refractivity contribution >= 4 is 12.1 Å². The second-order valence-corrected chi connectivity index (χ2v) is 7.70. The third kappa shape index (κ3) is 12.9. The number of hydrogen-bond acceptors (Lipinski definition) is 5. The van der Waals surface area contributed by atoms with Crippen LogP contribution in [-0.2, 0) is 16.0 Å². The molecular weight excluding hydrogens is 384 g/mol. The number of benzene rings is 1. The number of carbonyl (C=O) groups excluding carboxylic acids is 1. The number of nitrogens with one attached hydrogen (secondary N) is 3. The fourth-order valence-corrected chi connectivity index (χ4v) is 2.40. The zero-order valence-electron chi connectivity index (χ0n) is 19.0. The second kappa shape index (κ2) is 14.5. The summed E-state index contributed by atoms with van der Waals surface area (Å²) >= 11 is 0. The van der Waals surface area contributed by atoms with Crippen LogP contribution in [0.5, 0.6) is 5.75 Å². The molecule has 1 aromatic carbocycles. The average molecular weight is 423 g/mol. The molecule has 0 bridgehead atoms.